The fourth-order valence-electron chi connectivity index (χ4n) is 2.69. The summed E-state index contributed by atoms with van der Waals surface area (Å²) >= 11 is 0. The number of hydrogen-bond acceptors (Lipinski definition) is 6. The van der Waals surface area contributed by atoms with Gasteiger partial charge in [-0.2, -0.15) is 5.01 Å². The molecule has 27 heavy (non-hydrogen) atoms. The number of nitrogens with zero attached hydrogens (tertiary/aromatic N) is 2. The van der Waals surface area contributed by atoms with Gasteiger partial charge in [0.1, 0.15) is 12.2 Å². The summed E-state index contributed by atoms with van der Waals surface area (Å²) in [4.78, 5) is 37.4. The van der Waals surface area contributed by atoms with Crippen molar-refractivity contribution < 1.29 is 28.6 Å². The van der Waals surface area contributed by atoms with Crippen molar-refractivity contribution in [2.75, 3.05) is 13.7 Å². The van der Waals surface area contributed by atoms with E-state index in [0.717, 1.165) is 15.6 Å². The van der Waals surface area contributed by atoms with Crippen LogP contribution in [0.4, 0.5) is 9.59 Å². The highest BCUT2D eigenvalue weighted by Crippen LogP contribution is 2.23. The maximum atomic E-state index is 12.7. The third-order valence-electron chi connectivity index (χ3n) is 3.87. The molecule has 1 aliphatic heterocycles. The maximum absolute atomic E-state index is 12.7. The SMILES string of the molecule is COC(=O)[C@@H]1CCCN(C(=O)OCc2ccccc2)N1C(=O)OC(C)(C)C. The molecule has 0 spiro atoms. The summed E-state index contributed by atoms with van der Waals surface area (Å²) in [6.07, 6.45) is -0.624. The minimum atomic E-state index is -0.942. The molecular formula is C19H26N2O6. The van der Waals surface area contributed by atoms with E-state index in [0.29, 0.717) is 12.8 Å². The monoisotopic (exact) mass is 378 g/mol. The van der Waals surface area contributed by atoms with Crippen molar-refractivity contribution >= 4 is 18.2 Å². The summed E-state index contributed by atoms with van der Waals surface area (Å²) < 4.78 is 15.5. The average Bonchev–Trinajstić information content (AvgIpc) is 2.64. The van der Waals surface area contributed by atoms with E-state index in [1.165, 1.54) is 7.11 Å². The molecule has 148 valence electrons. The second-order valence-corrected chi connectivity index (χ2v) is 7.17. The number of benzene rings is 1. The number of carbonyl (C=O) groups is 3. The Morgan fingerprint density at radius 3 is 2.37 bits per heavy atom. The standard InChI is InChI=1S/C19H26N2O6/c1-19(2,3)27-18(24)21-15(16(22)25-4)11-8-12-20(21)17(23)26-13-14-9-6-5-7-10-14/h5-7,9-10,15H,8,11-13H2,1-4H3/t15-/m0/s1. The molecule has 1 aromatic rings. The van der Waals surface area contributed by atoms with Gasteiger partial charge in [-0.15, -0.1) is 0 Å². The van der Waals surface area contributed by atoms with Gasteiger partial charge >= 0.3 is 18.2 Å². The number of esters is 1. The number of hydrazine groups is 1. The van der Waals surface area contributed by atoms with E-state index in [-0.39, 0.29) is 13.2 Å². The molecule has 0 unspecified atom stereocenters. The van der Waals surface area contributed by atoms with Gasteiger partial charge in [0.15, 0.2) is 6.04 Å². The van der Waals surface area contributed by atoms with Gasteiger partial charge in [-0.3, -0.25) is 0 Å². The second-order valence-electron chi connectivity index (χ2n) is 7.17. The third kappa shape index (κ3) is 5.60. The Bertz CT molecular complexity index is 671. The smallest absolute Gasteiger partial charge is 0.430 e. The summed E-state index contributed by atoms with van der Waals surface area (Å²) in [5.41, 5.74) is 0.0330. The van der Waals surface area contributed by atoms with Crippen molar-refractivity contribution in [3.8, 4) is 0 Å². The molecule has 0 radical (unpaired) electrons. The molecule has 2 rings (SSSR count). The number of methoxy groups -OCH3 is 1. The zero-order valence-corrected chi connectivity index (χ0v) is 16.1. The molecule has 0 aliphatic carbocycles. The first kappa shape index (κ1) is 20.5. The molecule has 2 amide bonds. The summed E-state index contributed by atoms with van der Waals surface area (Å²) in [5.74, 6) is -0.610. The van der Waals surface area contributed by atoms with Crippen molar-refractivity contribution in [3.05, 3.63) is 35.9 Å². The Kier molecular flexibility index (Phi) is 6.65. The van der Waals surface area contributed by atoms with Crippen molar-refractivity contribution in [2.24, 2.45) is 0 Å². The topological polar surface area (TPSA) is 85.4 Å². The summed E-state index contributed by atoms with van der Waals surface area (Å²) in [5, 5.41) is 2.12. The molecule has 0 N–H and O–H groups in total. The van der Waals surface area contributed by atoms with E-state index in [2.05, 4.69) is 0 Å². The zero-order chi connectivity index (χ0) is 20.0. The minimum absolute atomic E-state index is 0.0568. The lowest BCUT2D eigenvalue weighted by atomic mass is 10.1. The summed E-state index contributed by atoms with van der Waals surface area (Å²) in [7, 11) is 1.24. The van der Waals surface area contributed by atoms with Crippen LogP contribution in [-0.2, 0) is 25.6 Å². The van der Waals surface area contributed by atoms with Crippen LogP contribution in [0.5, 0.6) is 0 Å². The van der Waals surface area contributed by atoms with E-state index < -0.39 is 29.8 Å². The van der Waals surface area contributed by atoms with Gasteiger partial charge < -0.3 is 14.2 Å². The van der Waals surface area contributed by atoms with Crippen LogP contribution < -0.4 is 0 Å². The largest absolute Gasteiger partial charge is 0.467 e. The van der Waals surface area contributed by atoms with E-state index in [1.807, 2.05) is 30.3 Å². The molecule has 1 fully saturated rings. The molecule has 1 atom stereocenters. The van der Waals surface area contributed by atoms with Crippen molar-refractivity contribution in [1.82, 2.24) is 10.0 Å². The Morgan fingerprint density at radius 1 is 1.11 bits per heavy atom. The fourth-order valence-corrected chi connectivity index (χ4v) is 2.69. The summed E-state index contributed by atoms with van der Waals surface area (Å²) in [6, 6.07) is 8.25. The van der Waals surface area contributed by atoms with Gasteiger partial charge in [-0.1, -0.05) is 30.3 Å². The molecule has 1 saturated heterocycles. The van der Waals surface area contributed by atoms with Crippen molar-refractivity contribution in [1.29, 1.82) is 0 Å². The van der Waals surface area contributed by atoms with E-state index >= 15 is 0 Å². The molecule has 1 heterocycles. The van der Waals surface area contributed by atoms with Crippen LogP contribution in [-0.4, -0.2) is 53.5 Å². The van der Waals surface area contributed by atoms with Gasteiger partial charge in [0.25, 0.3) is 0 Å². The highest BCUT2D eigenvalue weighted by Gasteiger charge is 2.43. The molecule has 0 aromatic heterocycles. The Hall–Kier alpha value is -2.77. The van der Waals surface area contributed by atoms with Crippen LogP contribution in [0.2, 0.25) is 0 Å². The lowest BCUT2D eigenvalue weighted by molar-refractivity contribution is -0.158. The molecular weight excluding hydrogens is 352 g/mol. The highest BCUT2D eigenvalue weighted by atomic mass is 16.6. The number of hydrogen-bond donors (Lipinski definition) is 0. The zero-order valence-electron chi connectivity index (χ0n) is 16.1. The number of ether oxygens (including phenoxy) is 3. The molecule has 0 saturated carbocycles. The number of amides is 2. The molecule has 8 heteroatoms. The van der Waals surface area contributed by atoms with Gasteiger partial charge in [-0.05, 0) is 39.2 Å². The predicted octanol–water partition coefficient (Wildman–Crippen LogP) is 3.11. The molecule has 8 nitrogen and oxygen atoms in total. The van der Waals surface area contributed by atoms with Gasteiger partial charge in [0, 0.05) is 6.54 Å². The van der Waals surface area contributed by atoms with Crippen LogP contribution in [0.1, 0.15) is 39.2 Å². The van der Waals surface area contributed by atoms with Crippen LogP contribution >= 0.6 is 0 Å². The van der Waals surface area contributed by atoms with Crippen LogP contribution in [0, 0.1) is 0 Å². The van der Waals surface area contributed by atoms with Gasteiger partial charge in [0.2, 0.25) is 0 Å². The van der Waals surface area contributed by atoms with E-state index in [9.17, 15) is 14.4 Å². The number of rotatable bonds is 3. The van der Waals surface area contributed by atoms with Crippen LogP contribution in [0.3, 0.4) is 0 Å². The molecule has 1 aliphatic rings. The average molecular weight is 378 g/mol. The highest BCUT2D eigenvalue weighted by molar-refractivity contribution is 5.83. The summed E-state index contributed by atoms with van der Waals surface area (Å²) in [6.45, 7) is 5.42. The lowest BCUT2D eigenvalue weighted by Crippen LogP contribution is -2.61. The molecule has 0 bridgehead atoms. The minimum Gasteiger partial charge on any atom is -0.467 e. The van der Waals surface area contributed by atoms with Crippen molar-refractivity contribution in [2.45, 2.75) is 51.9 Å². The quantitative estimate of drug-likeness (QED) is 0.593. The van der Waals surface area contributed by atoms with Crippen LogP contribution in [0.15, 0.2) is 30.3 Å². The van der Waals surface area contributed by atoms with Crippen molar-refractivity contribution in [3.63, 3.8) is 0 Å². The number of carbonyl (C=O) groups excluding carboxylic acids is 3. The Labute approximate surface area is 158 Å². The first-order valence-corrected chi connectivity index (χ1v) is 8.81. The van der Waals surface area contributed by atoms with Gasteiger partial charge in [-0.25, -0.2) is 19.4 Å². The lowest BCUT2D eigenvalue weighted by Gasteiger charge is -2.41. The first-order chi connectivity index (χ1) is 12.7. The maximum Gasteiger partial charge on any atom is 0.430 e. The molecule has 1 aromatic carbocycles. The second kappa shape index (κ2) is 8.75. The predicted molar refractivity (Wildman–Crippen MR) is 96.4 cm³/mol. The van der Waals surface area contributed by atoms with E-state index in [1.54, 1.807) is 20.8 Å². The third-order valence-corrected chi connectivity index (χ3v) is 3.87. The Balaban J connectivity index is 2.17. The first-order valence-electron chi connectivity index (χ1n) is 8.81. The van der Waals surface area contributed by atoms with Crippen LogP contribution in [0.25, 0.3) is 0 Å². The van der Waals surface area contributed by atoms with Gasteiger partial charge in [0.05, 0.1) is 7.11 Å². The fraction of sp³-hybridized carbons (Fsp3) is 0.526. The van der Waals surface area contributed by atoms with E-state index in [4.69, 9.17) is 14.2 Å². The Morgan fingerprint density at radius 2 is 1.78 bits per heavy atom. The normalized spacial score (nSPS) is 17.3.